The molecule has 0 atom stereocenters. The number of nitrogens with zero attached hydrogens (tertiary/aromatic N) is 2. The summed E-state index contributed by atoms with van der Waals surface area (Å²) < 4.78 is 1.76. The Labute approximate surface area is 151 Å². The Morgan fingerprint density at radius 3 is 2.52 bits per heavy atom. The van der Waals surface area contributed by atoms with E-state index < -0.39 is 0 Å². The van der Waals surface area contributed by atoms with Gasteiger partial charge < -0.3 is 5.32 Å². The summed E-state index contributed by atoms with van der Waals surface area (Å²) in [5.74, 6) is 2.34. The molecule has 2 aromatic carbocycles. The van der Waals surface area contributed by atoms with Gasteiger partial charge in [-0.1, -0.05) is 23.6 Å². The number of terminal acetylenes is 1. The fourth-order valence-electron chi connectivity index (χ4n) is 2.52. The summed E-state index contributed by atoms with van der Waals surface area (Å²) >= 11 is 6.18. The Hall–Kier alpha value is -3.03. The molecule has 1 amide bonds. The number of rotatable bonds is 3. The van der Waals surface area contributed by atoms with Crippen molar-refractivity contribution in [2.45, 2.75) is 13.8 Å². The first kappa shape index (κ1) is 16.8. The molecule has 0 aliphatic carbocycles. The number of nitrogens with one attached hydrogen (secondary N) is 1. The lowest BCUT2D eigenvalue weighted by molar-refractivity contribution is 0.102. The van der Waals surface area contributed by atoms with Crippen molar-refractivity contribution in [1.82, 2.24) is 9.78 Å². The van der Waals surface area contributed by atoms with Crippen LogP contribution >= 0.6 is 11.6 Å². The highest BCUT2D eigenvalue weighted by atomic mass is 35.5. The minimum Gasteiger partial charge on any atom is -0.322 e. The van der Waals surface area contributed by atoms with Crippen molar-refractivity contribution in [3.8, 4) is 18.0 Å². The monoisotopic (exact) mass is 349 g/mol. The first-order valence-electron chi connectivity index (χ1n) is 7.70. The number of hydrogen-bond donors (Lipinski definition) is 1. The van der Waals surface area contributed by atoms with E-state index in [1.807, 2.05) is 32.0 Å². The van der Waals surface area contributed by atoms with Gasteiger partial charge >= 0.3 is 0 Å². The van der Waals surface area contributed by atoms with Crippen molar-refractivity contribution in [2.24, 2.45) is 0 Å². The molecule has 0 bridgehead atoms. The first-order valence-corrected chi connectivity index (χ1v) is 8.07. The predicted octanol–water partition coefficient (Wildman–Crippen LogP) is 4.38. The molecule has 3 aromatic rings. The maximum absolute atomic E-state index is 12.4. The quantitative estimate of drug-likeness (QED) is 0.713. The minimum absolute atomic E-state index is 0.202. The number of aromatic nitrogens is 2. The fraction of sp³-hybridized carbons (Fsp3) is 0.100. The second kappa shape index (κ2) is 6.84. The van der Waals surface area contributed by atoms with Crippen LogP contribution in [0.3, 0.4) is 0 Å². The largest absolute Gasteiger partial charge is 0.322 e. The second-order valence-corrected chi connectivity index (χ2v) is 6.00. The van der Waals surface area contributed by atoms with Gasteiger partial charge in [0.1, 0.15) is 0 Å². The summed E-state index contributed by atoms with van der Waals surface area (Å²) in [5, 5.41) is 7.89. The van der Waals surface area contributed by atoms with E-state index in [0.29, 0.717) is 16.3 Å². The zero-order valence-electron chi connectivity index (χ0n) is 13.9. The van der Waals surface area contributed by atoms with Gasteiger partial charge in [0.15, 0.2) is 0 Å². The Morgan fingerprint density at radius 1 is 1.20 bits per heavy atom. The number of halogens is 1. The third kappa shape index (κ3) is 3.42. The van der Waals surface area contributed by atoms with E-state index in [1.165, 1.54) is 0 Å². The highest BCUT2D eigenvalue weighted by molar-refractivity contribution is 6.31. The molecular formula is C20H16ClN3O. The summed E-state index contributed by atoms with van der Waals surface area (Å²) in [6, 6.07) is 14.3. The van der Waals surface area contributed by atoms with E-state index in [9.17, 15) is 4.79 Å². The van der Waals surface area contributed by atoms with Gasteiger partial charge in [-0.3, -0.25) is 4.79 Å². The molecule has 3 rings (SSSR count). The first-order chi connectivity index (χ1) is 12.0. The molecule has 124 valence electrons. The summed E-state index contributed by atoms with van der Waals surface area (Å²) in [4.78, 5) is 12.4. The van der Waals surface area contributed by atoms with Gasteiger partial charge in [-0.25, -0.2) is 4.68 Å². The lowest BCUT2D eigenvalue weighted by Gasteiger charge is -2.08. The predicted molar refractivity (Wildman–Crippen MR) is 100 cm³/mol. The third-order valence-corrected chi connectivity index (χ3v) is 4.41. The molecule has 0 spiro atoms. The molecule has 0 aliphatic heterocycles. The van der Waals surface area contributed by atoms with Crippen LogP contribution in [0.5, 0.6) is 0 Å². The van der Waals surface area contributed by atoms with Crippen molar-refractivity contribution in [3.63, 3.8) is 0 Å². The van der Waals surface area contributed by atoms with Crippen molar-refractivity contribution >= 4 is 23.2 Å². The fourth-order valence-corrected chi connectivity index (χ4v) is 2.64. The molecule has 1 aromatic heterocycles. The van der Waals surface area contributed by atoms with E-state index in [4.69, 9.17) is 18.0 Å². The normalized spacial score (nSPS) is 10.3. The number of benzene rings is 2. The van der Waals surface area contributed by atoms with E-state index in [2.05, 4.69) is 16.3 Å². The topological polar surface area (TPSA) is 46.9 Å². The molecule has 1 N–H and O–H groups in total. The number of anilines is 1. The third-order valence-electron chi connectivity index (χ3n) is 3.86. The molecule has 0 unspecified atom stereocenters. The molecule has 25 heavy (non-hydrogen) atoms. The molecular weight excluding hydrogens is 334 g/mol. The molecule has 0 aliphatic rings. The Kier molecular flexibility index (Phi) is 4.60. The van der Waals surface area contributed by atoms with Crippen molar-refractivity contribution in [1.29, 1.82) is 0 Å². The van der Waals surface area contributed by atoms with Crippen LogP contribution < -0.4 is 5.32 Å². The highest BCUT2D eigenvalue weighted by Crippen LogP contribution is 2.22. The standard InChI is InChI=1S/C20H16ClN3O/c1-4-15-6-5-7-17(12-15)22-20(25)16-8-10-18(11-9-16)24-14(3)19(21)13(2)23-24/h1,5-12H,2-3H3,(H,22,25). The van der Waals surface area contributed by atoms with Crippen LogP contribution in [0, 0.1) is 26.2 Å². The SMILES string of the molecule is C#Cc1cccc(NC(=O)c2ccc(-n3nc(C)c(Cl)c3C)cc2)c1. The van der Waals surface area contributed by atoms with Crippen LogP contribution in [-0.2, 0) is 0 Å². The van der Waals surface area contributed by atoms with Crippen LogP contribution in [0.25, 0.3) is 5.69 Å². The lowest BCUT2D eigenvalue weighted by atomic mass is 10.1. The number of carbonyl (C=O) groups is 1. The maximum Gasteiger partial charge on any atom is 0.255 e. The van der Waals surface area contributed by atoms with E-state index in [0.717, 1.165) is 22.6 Å². The second-order valence-electron chi connectivity index (χ2n) is 5.62. The van der Waals surface area contributed by atoms with Crippen molar-refractivity contribution in [2.75, 3.05) is 5.32 Å². The molecule has 0 radical (unpaired) electrons. The number of hydrogen-bond acceptors (Lipinski definition) is 2. The van der Waals surface area contributed by atoms with Crippen LogP contribution in [0.15, 0.2) is 48.5 Å². The average Bonchev–Trinajstić information content (AvgIpc) is 2.89. The smallest absolute Gasteiger partial charge is 0.255 e. The Morgan fingerprint density at radius 2 is 1.92 bits per heavy atom. The molecule has 1 heterocycles. The van der Waals surface area contributed by atoms with E-state index in [-0.39, 0.29) is 5.91 Å². The Bertz CT molecular complexity index is 981. The molecule has 5 heteroatoms. The van der Waals surface area contributed by atoms with Crippen LogP contribution in [-0.4, -0.2) is 15.7 Å². The average molecular weight is 350 g/mol. The lowest BCUT2D eigenvalue weighted by Crippen LogP contribution is -2.12. The molecule has 0 saturated heterocycles. The maximum atomic E-state index is 12.4. The Balaban J connectivity index is 1.81. The van der Waals surface area contributed by atoms with Crippen LogP contribution in [0.4, 0.5) is 5.69 Å². The van der Waals surface area contributed by atoms with Crippen molar-refractivity contribution in [3.05, 3.63) is 76.1 Å². The van der Waals surface area contributed by atoms with Crippen LogP contribution in [0.2, 0.25) is 5.02 Å². The molecule has 0 fully saturated rings. The van der Waals surface area contributed by atoms with E-state index >= 15 is 0 Å². The summed E-state index contributed by atoms with van der Waals surface area (Å²) in [5.41, 5.74) is 4.40. The molecule has 4 nitrogen and oxygen atoms in total. The van der Waals surface area contributed by atoms with Gasteiger partial charge in [0, 0.05) is 16.8 Å². The van der Waals surface area contributed by atoms with Gasteiger partial charge in [-0.05, 0) is 56.3 Å². The summed E-state index contributed by atoms with van der Waals surface area (Å²) in [7, 11) is 0. The van der Waals surface area contributed by atoms with Gasteiger partial charge in [0.25, 0.3) is 5.91 Å². The highest BCUT2D eigenvalue weighted by Gasteiger charge is 2.12. The van der Waals surface area contributed by atoms with Gasteiger partial charge in [-0.15, -0.1) is 6.42 Å². The van der Waals surface area contributed by atoms with Gasteiger partial charge in [0.05, 0.1) is 22.1 Å². The molecule has 0 saturated carbocycles. The zero-order valence-corrected chi connectivity index (χ0v) is 14.6. The minimum atomic E-state index is -0.202. The van der Waals surface area contributed by atoms with Gasteiger partial charge in [0.2, 0.25) is 0 Å². The number of aryl methyl sites for hydroxylation is 1. The number of amides is 1. The van der Waals surface area contributed by atoms with E-state index in [1.54, 1.807) is 35.0 Å². The number of carbonyl (C=O) groups excluding carboxylic acids is 1. The van der Waals surface area contributed by atoms with Gasteiger partial charge in [-0.2, -0.15) is 5.10 Å². The summed E-state index contributed by atoms with van der Waals surface area (Å²) in [6.07, 6.45) is 5.38. The van der Waals surface area contributed by atoms with Crippen molar-refractivity contribution < 1.29 is 4.79 Å². The van der Waals surface area contributed by atoms with Crippen LogP contribution in [0.1, 0.15) is 27.3 Å². The zero-order chi connectivity index (χ0) is 18.0. The summed E-state index contributed by atoms with van der Waals surface area (Å²) in [6.45, 7) is 3.76.